The summed E-state index contributed by atoms with van der Waals surface area (Å²) >= 11 is 0. The molecule has 1 heterocycles. The third-order valence-electron chi connectivity index (χ3n) is 4.10. The lowest BCUT2D eigenvalue weighted by molar-refractivity contribution is 0.0150. The average Bonchev–Trinajstić information content (AvgIpc) is 2.51. The summed E-state index contributed by atoms with van der Waals surface area (Å²) in [5.74, 6) is 0.557. The molecule has 2 atom stereocenters. The molecule has 0 N–H and O–H groups in total. The highest BCUT2D eigenvalue weighted by Gasteiger charge is 2.31. The standard InChI is InChI=1S/C19H28N2O4/c1-13-11-20(5)17(22)14-9-7-8-10-15(14)24-16(13)12-21(6)18(23)25-19(2,3)4/h7-10,13,16H,11-12H2,1-6H3/t13-,16-/m1/s1. The molecule has 138 valence electrons. The van der Waals surface area contributed by atoms with E-state index >= 15 is 0 Å². The number of fused-ring (bicyclic) bond motifs is 1. The lowest BCUT2D eigenvalue weighted by atomic mass is 10.0. The van der Waals surface area contributed by atoms with Crippen molar-refractivity contribution in [3.05, 3.63) is 29.8 Å². The van der Waals surface area contributed by atoms with Gasteiger partial charge in [0.2, 0.25) is 0 Å². The number of hydrogen-bond acceptors (Lipinski definition) is 4. The minimum atomic E-state index is -0.544. The van der Waals surface area contributed by atoms with Crippen LogP contribution in [-0.2, 0) is 4.74 Å². The first kappa shape index (κ1) is 19.1. The van der Waals surface area contributed by atoms with Crippen LogP contribution in [0.25, 0.3) is 0 Å². The molecule has 2 rings (SSSR count). The molecule has 0 aromatic heterocycles. The van der Waals surface area contributed by atoms with Crippen LogP contribution in [0.2, 0.25) is 0 Å². The molecule has 2 amide bonds. The topological polar surface area (TPSA) is 59.1 Å². The molecule has 6 heteroatoms. The fourth-order valence-electron chi connectivity index (χ4n) is 2.76. The van der Waals surface area contributed by atoms with E-state index in [0.717, 1.165) is 0 Å². The Morgan fingerprint density at radius 2 is 2.00 bits per heavy atom. The summed E-state index contributed by atoms with van der Waals surface area (Å²) in [5, 5.41) is 0. The van der Waals surface area contributed by atoms with Crippen molar-refractivity contribution in [2.45, 2.75) is 39.4 Å². The monoisotopic (exact) mass is 348 g/mol. The van der Waals surface area contributed by atoms with Crippen LogP contribution in [0.4, 0.5) is 4.79 Å². The van der Waals surface area contributed by atoms with E-state index in [4.69, 9.17) is 9.47 Å². The van der Waals surface area contributed by atoms with Gasteiger partial charge in [0.15, 0.2) is 0 Å². The molecule has 0 radical (unpaired) electrons. The lowest BCUT2D eigenvalue weighted by Crippen LogP contribution is -2.47. The Labute approximate surface area is 149 Å². The van der Waals surface area contributed by atoms with Crippen LogP contribution in [0, 0.1) is 5.92 Å². The van der Waals surface area contributed by atoms with E-state index in [9.17, 15) is 9.59 Å². The molecule has 0 spiro atoms. The van der Waals surface area contributed by atoms with Crippen molar-refractivity contribution in [3.63, 3.8) is 0 Å². The second-order valence-corrected chi connectivity index (χ2v) is 7.68. The minimum Gasteiger partial charge on any atom is -0.487 e. The zero-order chi connectivity index (χ0) is 18.8. The third-order valence-corrected chi connectivity index (χ3v) is 4.10. The van der Waals surface area contributed by atoms with Crippen molar-refractivity contribution < 1.29 is 19.1 Å². The molecule has 25 heavy (non-hydrogen) atoms. The average molecular weight is 348 g/mol. The Balaban J connectivity index is 2.19. The van der Waals surface area contributed by atoms with Crippen molar-refractivity contribution in [2.75, 3.05) is 27.2 Å². The van der Waals surface area contributed by atoms with Gasteiger partial charge in [-0.1, -0.05) is 19.1 Å². The van der Waals surface area contributed by atoms with Crippen molar-refractivity contribution in [1.82, 2.24) is 9.80 Å². The fourth-order valence-corrected chi connectivity index (χ4v) is 2.76. The molecular weight excluding hydrogens is 320 g/mol. The summed E-state index contributed by atoms with van der Waals surface area (Å²) < 4.78 is 11.5. The molecule has 1 aliphatic rings. The van der Waals surface area contributed by atoms with Crippen molar-refractivity contribution >= 4 is 12.0 Å². The molecule has 1 aliphatic heterocycles. The minimum absolute atomic E-state index is 0.0543. The second-order valence-electron chi connectivity index (χ2n) is 7.68. The van der Waals surface area contributed by atoms with E-state index in [0.29, 0.717) is 24.4 Å². The van der Waals surface area contributed by atoms with Gasteiger partial charge in [0, 0.05) is 26.6 Å². The fraction of sp³-hybridized carbons (Fsp3) is 0.579. The SMILES string of the molecule is C[C@@H]1CN(C)C(=O)c2ccccc2O[C@@H]1CN(C)C(=O)OC(C)(C)C. The highest BCUT2D eigenvalue weighted by Crippen LogP contribution is 2.26. The van der Waals surface area contributed by atoms with Crippen molar-refractivity contribution in [3.8, 4) is 5.75 Å². The normalized spacial score (nSPS) is 20.9. The molecule has 0 aliphatic carbocycles. The van der Waals surface area contributed by atoms with Crippen molar-refractivity contribution in [2.24, 2.45) is 5.92 Å². The van der Waals surface area contributed by atoms with Gasteiger partial charge in [0.05, 0.1) is 12.1 Å². The number of carbonyl (C=O) groups is 2. The van der Waals surface area contributed by atoms with Gasteiger partial charge in [0.25, 0.3) is 5.91 Å². The molecule has 0 fully saturated rings. The van der Waals surface area contributed by atoms with Crippen LogP contribution in [0.15, 0.2) is 24.3 Å². The number of rotatable bonds is 2. The maximum Gasteiger partial charge on any atom is 0.410 e. The van der Waals surface area contributed by atoms with E-state index in [1.165, 1.54) is 4.90 Å². The zero-order valence-electron chi connectivity index (χ0n) is 15.9. The van der Waals surface area contributed by atoms with Crippen LogP contribution in [0.3, 0.4) is 0 Å². The molecule has 1 aromatic rings. The number of ether oxygens (including phenoxy) is 2. The van der Waals surface area contributed by atoms with Gasteiger partial charge in [-0.05, 0) is 32.9 Å². The number of carbonyl (C=O) groups excluding carboxylic acids is 2. The number of amides is 2. The Morgan fingerprint density at radius 1 is 1.36 bits per heavy atom. The van der Waals surface area contributed by atoms with E-state index in [2.05, 4.69) is 0 Å². The number of nitrogens with zero attached hydrogens (tertiary/aromatic N) is 2. The van der Waals surface area contributed by atoms with Gasteiger partial charge in [-0.15, -0.1) is 0 Å². The maximum atomic E-state index is 12.5. The first-order valence-corrected chi connectivity index (χ1v) is 8.53. The summed E-state index contributed by atoms with van der Waals surface area (Å²) in [6.45, 7) is 8.47. The molecule has 6 nitrogen and oxygen atoms in total. The number of likely N-dealkylation sites (N-methyl/N-ethyl adjacent to an activating group) is 1. The van der Waals surface area contributed by atoms with Gasteiger partial charge in [0.1, 0.15) is 17.5 Å². The summed E-state index contributed by atoms with van der Waals surface area (Å²) in [6, 6.07) is 7.21. The lowest BCUT2D eigenvalue weighted by Gasteiger charge is -2.35. The van der Waals surface area contributed by atoms with Crippen LogP contribution in [-0.4, -0.2) is 60.7 Å². The Kier molecular flexibility index (Phi) is 5.60. The highest BCUT2D eigenvalue weighted by atomic mass is 16.6. The number of para-hydroxylation sites is 1. The first-order chi connectivity index (χ1) is 11.6. The maximum absolute atomic E-state index is 12.5. The molecular formula is C19H28N2O4. The van der Waals surface area contributed by atoms with E-state index in [1.807, 2.05) is 39.8 Å². The van der Waals surface area contributed by atoms with Crippen LogP contribution in [0.1, 0.15) is 38.1 Å². The Morgan fingerprint density at radius 3 is 2.64 bits per heavy atom. The van der Waals surface area contributed by atoms with Gasteiger partial charge in [-0.3, -0.25) is 4.79 Å². The first-order valence-electron chi connectivity index (χ1n) is 8.53. The number of hydrogen-bond donors (Lipinski definition) is 0. The molecule has 0 saturated heterocycles. The largest absolute Gasteiger partial charge is 0.487 e. The van der Waals surface area contributed by atoms with Crippen LogP contribution >= 0.6 is 0 Å². The van der Waals surface area contributed by atoms with Gasteiger partial charge < -0.3 is 19.3 Å². The molecule has 0 bridgehead atoms. The molecule has 0 unspecified atom stereocenters. The van der Waals surface area contributed by atoms with Crippen molar-refractivity contribution in [1.29, 1.82) is 0 Å². The van der Waals surface area contributed by atoms with E-state index in [1.54, 1.807) is 31.1 Å². The zero-order valence-corrected chi connectivity index (χ0v) is 15.9. The van der Waals surface area contributed by atoms with Gasteiger partial charge >= 0.3 is 6.09 Å². The third kappa shape index (κ3) is 4.87. The van der Waals surface area contributed by atoms with E-state index < -0.39 is 5.60 Å². The second kappa shape index (κ2) is 7.33. The summed E-state index contributed by atoms with van der Waals surface area (Å²) in [4.78, 5) is 28.0. The predicted octanol–water partition coefficient (Wildman–Crippen LogP) is 3.02. The Bertz CT molecular complexity index is 639. The smallest absolute Gasteiger partial charge is 0.410 e. The van der Waals surface area contributed by atoms with Crippen LogP contribution in [0.5, 0.6) is 5.75 Å². The van der Waals surface area contributed by atoms with E-state index in [-0.39, 0.29) is 24.0 Å². The molecule has 1 aromatic carbocycles. The summed E-state index contributed by atoms with van der Waals surface area (Å²) in [7, 11) is 3.49. The predicted molar refractivity (Wildman–Crippen MR) is 95.8 cm³/mol. The Hall–Kier alpha value is -2.24. The van der Waals surface area contributed by atoms with Gasteiger partial charge in [-0.2, -0.15) is 0 Å². The number of benzene rings is 1. The molecule has 0 saturated carbocycles. The summed E-state index contributed by atoms with van der Waals surface area (Å²) in [5.41, 5.74) is -0.000311. The highest BCUT2D eigenvalue weighted by molar-refractivity contribution is 5.96. The summed E-state index contributed by atoms with van der Waals surface area (Å²) in [6.07, 6.45) is -0.628. The van der Waals surface area contributed by atoms with Crippen LogP contribution < -0.4 is 4.74 Å². The van der Waals surface area contributed by atoms with Gasteiger partial charge in [-0.25, -0.2) is 4.79 Å². The quantitative estimate of drug-likeness (QED) is 0.824.